The predicted octanol–water partition coefficient (Wildman–Crippen LogP) is 0.512. The van der Waals surface area contributed by atoms with Crippen LogP contribution < -0.4 is 0 Å². The highest BCUT2D eigenvalue weighted by molar-refractivity contribution is 5.00. The second kappa shape index (κ2) is 5.37. The fourth-order valence-corrected chi connectivity index (χ4v) is 2.15. The van der Waals surface area contributed by atoms with E-state index in [4.69, 9.17) is 9.47 Å². The Morgan fingerprint density at radius 3 is 1.60 bits per heavy atom. The molecule has 2 saturated heterocycles. The van der Waals surface area contributed by atoms with Crippen LogP contribution in [-0.4, -0.2) is 62.4 Å². The number of morpholine rings is 2. The van der Waals surface area contributed by atoms with Crippen molar-refractivity contribution in [1.29, 1.82) is 0 Å². The Bertz CT molecular complexity index is 199. The summed E-state index contributed by atoms with van der Waals surface area (Å²) in [6.45, 7) is 9.55. The van der Waals surface area contributed by atoms with Crippen molar-refractivity contribution in [3.63, 3.8) is 0 Å². The summed E-state index contributed by atoms with van der Waals surface area (Å²) in [5.41, 5.74) is 0. The lowest BCUT2D eigenvalue weighted by Crippen LogP contribution is -2.45. The zero-order valence-electron chi connectivity index (χ0n) is 9.45. The molecule has 0 amide bonds. The Morgan fingerprint density at radius 1 is 0.867 bits per heavy atom. The van der Waals surface area contributed by atoms with Gasteiger partial charge in [-0.05, 0) is 13.0 Å². The van der Waals surface area contributed by atoms with E-state index < -0.39 is 0 Å². The second-order valence-corrected chi connectivity index (χ2v) is 3.85. The van der Waals surface area contributed by atoms with Gasteiger partial charge in [0.25, 0.3) is 0 Å². The second-order valence-electron chi connectivity index (χ2n) is 3.85. The van der Waals surface area contributed by atoms with Crippen LogP contribution >= 0.6 is 0 Å². The fraction of sp³-hybridized carbons (Fsp3) is 0.818. The van der Waals surface area contributed by atoms with E-state index in [1.54, 1.807) is 0 Å². The fourth-order valence-electron chi connectivity index (χ4n) is 2.15. The molecular weight excluding hydrogens is 192 g/mol. The third-order valence-electron chi connectivity index (χ3n) is 2.93. The molecule has 0 aliphatic carbocycles. The molecule has 0 aromatic carbocycles. The monoisotopic (exact) mass is 212 g/mol. The molecule has 0 unspecified atom stereocenters. The molecule has 0 saturated carbocycles. The van der Waals surface area contributed by atoms with Crippen molar-refractivity contribution in [2.24, 2.45) is 0 Å². The van der Waals surface area contributed by atoms with Gasteiger partial charge >= 0.3 is 0 Å². The first-order valence-corrected chi connectivity index (χ1v) is 5.73. The third kappa shape index (κ3) is 2.63. The van der Waals surface area contributed by atoms with Crippen molar-refractivity contribution in [2.45, 2.75) is 6.92 Å². The molecule has 86 valence electrons. The number of hydrogen-bond acceptors (Lipinski definition) is 4. The van der Waals surface area contributed by atoms with Crippen LogP contribution in [0.25, 0.3) is 0 Å². The number of hydrogen-bond donors (Lipinski definition) is 0. The molecule has 2 aliphatic rings. The molecule has 0 N–H and O–H groups in total. The minimum Gasteiger partial charge on any atom is -0.378 e. The number of rotatable bonds is 2. The maximum absolute atomic E-state index is 5.37. The van der Waals surface area contributed by atoms with Gasteiger partial charge in [0, 0.05) is 26.2 Å². The molecule has 2 rings (SSSR count). The number of allylic oxidation sites excluding steroid dienone is 1. The van der Waals surface area contributed by atoms with Gasteiger partial charge in [-0.15, -0.1) is 0 Å². The van der Waals surface area contributed by atoms with Gasteiger partial charge in [0.1, 0.15) is 0 Å². The molecule has 0 spiro atoms. The topological polar surface area (TPSA) is 24.9 Å². The van der Waals surface area contributed by atoms with Crippen LogP contribution in [0.3, 0.4) is 0 Å². The Hall–Kier alpha value is -0.740. The van der Waals surface area contributed by atoms with Crippen molar-refractivity contribution >= 4 is 0 Å². The van der Waals surface area contributed by atoms with Crippen molar-refractivity contribution < 1.29 is 9.47 Å². The Labute approximate surface area is 91.4 Å². The first kappa shape index (κ1) is 10.8. The van der Waals surface area contributed by atoms with E-state index in [9.17, 15) is 0 Å². The zero-order valence-corrected chi connectivity index (χ0v) is 9.45. The van der Waals surface area contributed by atoms with E-state index in [0.29, 0.717) is 0 Å². The molecule has 2 heterocycles. The molecule has 4 heteroatoms. The van der Waals surface area contributed by atoms with Gasteiger partial charge in [-0.1, -0.05) is 0 Å². The third-order valence-corrected chi connectivity index (χ3v) is 2.93. The van der Waals surface area contributed by atoms with Gasteiger partial charge in [-0.25, -0.2) is 0 Å². The van der Waals surface area contributed by atoms with Crippen LogP contribution in [0.5, 0.6) is 0 Å². The molecule has 0 radical (unpaired) electrons. The average molecular weight is 212 g/mol. The van der Waals surface area contributed by atoms with Crippen LogP contribution in [0.4, 0.5) is 0 Å². The summed E-state index contributed by atoms with van der Waals surface area (Å²) in [5, 5.41) is 0. The molecule has 0 aromatic heterocycles. The van der Waals surface area contributed by atoms with E-state index in [-0.39, 0.29) is 0 Å². The Balaban J connectivity index is 1.95. The quantitative estimate of drug-likeness (QED) is 0.666. The van der Waals surface area contributed by atoms with E-state index in [1.807, 2.05) is 0 Å². The standard InChI is InChI=1S/C11H20N2O2/c1-2-11(12-3-7-14-8-4-12)13-5-9-15-10-6-13/h2H,3-10H2,1H3. The molecule has 0 aromatic rings. The SMILES string of the molecule is CC=C(N1CCOCC1)N1CCOCC1. The summed E-state index contributed by atoms with van der Waals surface area (Å²) in [4.78, 5) is 4.82. The molecular formula is C11H20N2O2. The molecule has 0 bridgehead atoms. The molecule has 0 atom stereocenters. The summed E-state index contributed by atoms with van der Waals surface area (Å²) >= 11 is 0. The van der Waals surface area contributed by atoms with Crippen LogP contribution in [-0.2, 0) is 9.47 Å². The summed E-state index contributed by atoms with van der Waals surface area (Å²) in [7, 11) is 0. The normalized spacial score (nSPS) is 22.7. The maximum Gasteiger partial charge on any atom is 0.0998 e. The highest BCUT2D eigenvalue weighted by Gasteiger charge is 2.20. The van der Waals surface area contributed by atoms with Gasteiger partial charge in [0.05, 0.1) is 32.2 Å². The lowest BCUT2D eigenvalue weighted by molar-refractivity contribution is 0.00849. The largest absolute Gasteiger partial charge is 0.378 e. The van der Waals surface area contributed by atoms with E-state index in [0.717, 1.165) is 52.6 Å². The number of ether oxygens (including phenoxy) is 2. The summed E-state index contributed by atoms with van der Waals surface area (Å²) in [6.07, 6.45) is 2.20. The van der Waals surface area contributed by atoms with Crippen molar-refractivity contribution in [2.75, 3.05) is 52.6 Å². The minimum absolute atomic E-state index is 0.849. The summed E-state index contributed by atoms with van der Waals surface area (Å²) in [6, 6.07) is 0. The van der Waals surface area contributed by atoms with Gasteiger partial charge in [-0.3, -0.25) is 0 Å². The van der Waals surface area contributed by atoms with E-state index in [2.05, 4.69) is 22.8 Å². The molecule has 2 fully saturated rings. The summed E-state index contributed by atoms with van der Waals surface area (Å²) in [5.74, 6) is 1.35. The van der Waals surface area contributed by atoms with E-state index in [1.165, 1.54) is 5.82 Å². The van der Waals surface area contributed by atoms with Gasteiger partial charge in [0.15, 0.2) is 0 Å². The summed E-state index contributed by atoms with van der Waals surface area (Å²) < 4.78 is 10.7. The van der Waals surface area contributed by atoms with Gasteiger partial charge in [0.2, 0.25) is 0 Å². The van der Waals surface area contributed by atoms with Crippen LogP contribution in [0.15, 0.2) is 11.9 Å². The van der Waals surface area contributed by atoms with Crippen molar-refractivity contribution in [1.82, 2.24) is 9.80 Å². The molecule has 2 aliphatic heterocycles. The van der Waals surface area contributed by atoms with Crippen LogP contribution in [0, 0.1) is 0 Å². The van der Waals surface area contributed by atoms with E-state index >= 15 is 0 Å². The minimum atomic E-state index is 0.849. The lowest BCUT2D eigenvalue weighted by atomic mass is 10.3. The predicted molar refractivity (Wildman–Crippen MR) is 58.5 cm³/mol. The highest BCUT2D eigenvalue weighted by Crippen LogP contribution is 2.14. The Morgan fingerprint density at radius 2 is 1.27 bits per heavy atom. The van der Waals surface area contributed by atoms with Gasteiger partial charge < -0.3 is 19.3 Å². The number of nitrogens with zero attached hydrogens (tertiary/aromatic N) is 2. The van der Waals surface area contributed by atoms with Crippen LogP contribution in [0.1, 0.15) is 6.92 Å². The van der Waals surface area contributed by atoms with Gasteiger partial charge in [-0.2, -0.15) is 0 Å². The lowest BCUT2D eigenvalue weighted by Gasteiger charge is -2.39. The first-order valence-electron chi connectivity index (χ1n) is 5.73. The van der Waals surface area contributed by atoms with Crippen molar-refractivity contribution in [3.8, 4) is 0 Å². The average Bonchev–Trinajstić information content (AvgIpc) is 2.33. The smallest absolute Gasteiger partial charge is 0.0998 e. The zero-order chi connectivity index (χ0) is 10.5. The first-order chi connectivity index (χ1) is 7.42. The molecule has 15 heavy (non-hydrogen) atoms. The van der Waals surface area contributed by atoms with Crippen LogP contribution in [0.2, 0.25) is 0 Å². The van der Waals surface area contributed by atoms with Crippen molar-refractivity contribution in [3.05, 3.63) is 11.9 Å². The Kier molecular flexibility index (Phi) is 3.86. The maximum atomic E-state index is 5.37. The molecule has 4 nitrogen and oxygen atoms in total. The highest BCUT2D eigenvalue weighted by atomic mass is 16.5.